The predicted octanol–water partition coefficient (Wildman–Crippen LogP) is 3.40. The molecule has 2 heterocycles. The van der Waals surface area contributed by atoms with Crippen LogP contribution in [0.25, 0.3) is 5.78 Å². The summed E-state index contributed by atoms with van der Waals surface area (Å²) in [7, 11) is 0. The molecule has 25 heavy (non-hydrogen) atoms. The number of nitrogens with zero attached hydrogens (tertiary/aromatic N) is 4. The fourth-order valence-corrected chi connectivity index (χ4v) is 3.73. The summed E-state index contributed by atoms with van der Waals surface area (Å²) >= 11 is 1.46. The quantitative estimate of drug-likeness (QED) is 0.567. The summed E-state index contributed by atoms with van der Waals surface area (Å²) in [5.41, 5.74) is 1.90. The van der Waals surface area contributed by atoms with Crippen LogP contribution in [0.15, 0.2) is 81.6 Å². The Morgan fingerprint density at radius 1 is 1.00 bits per heavy atom. The van der Waals surface area contributed by atoms with E-state index in [0.717, 1.165) is 16.2 Å². The fraction of sp³-hybridized carbons (Fsp3) is 0.105. The van der Waals surface area contributed by atoms with Crippen molar-refractivity contribution in [3.8, 4) is 0 Å². The van der Waals surface area contributed by atoms with Gasteiger partial charge in [-0.1, -0.05) is 60.3 Å². The molecule has 2 aromatic carbocycles. The maximum atomic E-state index is 12.8. The van der Waals surface area contributed by atoms with Gasteiger partial charge in [0.05, 0.1) is 11.4 Å². The van der Waals surface area contributed by atoms with Gasteiger partial charge in [0.2, 0.25) is 5.78 Å². The first kappa shape index (κ1) is 15.7. The molecule has 0 atom stereocenters. The summed E-state index contributed by atoms with van der Waals surface area (Å²) in [6, 6.07) is 20.0. The zero-order valence-electron chi connectivity index (χ0n) is 13.7. The van der Waals surface area contributed by atoms with E-state index in [1.807, 2.05) is 60.0 Å². The van der Waals surface area contributed by atoms with E-state index < -0.39 is 0 Å². The van der Waals surface area contributed by atoms with Gasteiger partial charge in [-0.2, -0.15) is 14.6 Å². The standard InChI is InChI=1S/C19H16N4OS/c1-14-17(25-16-10-6-3-7-11-16)18(24)23-19(20-13-21-23)22(14)12-15-8-4-2-5-9-15/h2-11,13H,12H2,1H3. The molecule has 2 aromatic heterocycles. The Bertz CT molecular complexity index is 1070. The molecule has 0 spiro atoms. The van der Waals surface area contributed by atoms with Crippen molar-refractivity contribution in [1.82, 2.24) is 19.2 Å². The van der Waals surface area contributed by atoms with Crippen LogP contribution in [0.4, 0.5) is 0 Å². The van der Waals surface area contributed by atoms with E-state index >= 15 is 0 Å². The Morgan fingerprint density at radius 3 is 2.40 bits per heavy atom. The molecule has 0 aliphatic carbocycles. The van der Waals surface area contributed by atoms with Crippen LogP contribution in [-0.4, -0.2) is 19.2 Å². The van der Waals surface area contributed by atoms with Gasteiger partial charge >= 0.3 is 0 Å². The van der Waals surface area contributed by atoms with Crippen LogP contribution < -0.4 is 5.56 Å². The van der Waals surface area contributed by atoms with Crippen molar-refractivity contribution in [2.75, 3.05) is 0 Å². The van der Waals surface area contributed by atoms with Gasteiger partial charge in [0.15, 0.2) is 0 Å². The molecule has 124 valence electrons. The maximum absolute atomic E-state index is 12.8. The van der Waals surface area contributed by atoms with E-state index in [4.69, 9.17) is 0 Å². The molecule has 0 bridgehead atoms. The molecule has 0 N–H and O–H groups in total. The first-order chi connectivity index (χ1) is 12.2. The zero-order chi connectivity index (χ0) is 17.2. The van der Waals surface area contributed by atoms with Gasteiger partial charge in [-0.05, 0) is 24.6 Å². The smallest absolute Gasteiger partial charge is 0.289 e. The van der Waals surface area contributed by atoms with Gasteiger partial charge in [0.25, 0.3) is 5.56 Å². The van der Waals surface area contributed by atoms with Crippen molar-refractivity contribution in [2.24, 2.45) is 0 Å². The van der Waals surface area contributed by atoms with Crippen molar-refractivity contribution in [1.29, 1.82) is 0 Å². The van der Waals surface area contributed by atoms with Gasteiger partial charge in [-0.3, -0.25) is 4.79 Å². The van der Waals surface area contributed by atoms with Gasteiger partial charge in [0.1, 0.15) is 6.33 Å². The molecule has 0 radical (unpaired) electrons. The molecule has 4 rings (SSSR count). The van der Waals surface area contributed by atoms with Crippen LogP contribution >= 0.6 is 11.8 Å². The highest BCUT2D eigenvalue weighted by Crippen LogP contribution is 2.28. The number of fused-ring (bicyclic) bond motifs is 1. The summed E-state index contributed by atoms with van der Waals surface area (Å²) in [6.07, 6.45) is 1.43. The van der Waals surface area contributed by atoms with E-state index in [1.165, 1.54) is 22.6 Å². The van der Waals surface area contributed by atoms with Gasteiger partial charge in [-0.25, -0.2) is 0 Å². The van der Waals surface area contributed by atoms with Crippen molar-refractivity contribution < 1.29 is 0 Å². The zero-order valence-corrected chi connectivity index (χ0v) is 14.5. The van der Waals surface area contributed by atoms with E-state index in [1.54, 1.807) is 0 Å². The van der Waals surface area contributed by atoms with Crippen LogP contribution in [-0.2, 0) is 6.54 Å². The third-order valence-electron chi connectivity index (χ3n) is 4.04. The van der Waals surface area contributed by atoms with Crippen molar-refractivity contribution >= 4 is 17.5 Å². The second kappa shape index (κ2) is 6.57. The van der Waals surface area contributed by atoms with Gasteiger partial charge in [-0.15, -0.1) is 0 Å². The van der Waals surface area contributed by atoms with Crippen LogP contribution in [0.3, 0.4) is 0 Å². The number of benzene rings is 2. The molecule has 0 amide bonds. The first-order valence-corrected chi connectivity index (χ1v) is 8.75. The third kappa shape index (κ3) is 2.96. The molecule has 5 nitrogen and oxygen atoms in total. The normalized spacial score (nSPS) is 11.1. The van der Waals surface area contributed by atoms with E-state index in [0.29, 0.717) is 17.2 Å². The van der Waals surface area contributed by atoms with Crippen LogP contribution in [0.5, 0.6) is 0 Å². The topological polar surface area (TPSA) is 52.2 Å². The Morgan fingerprint density at radius 2 is 1.68 bits per heavy atom. The Labute approximate surface area is 149 Å². The lowest BCUT2D eigenvalue weighted by Crippen LogP contribution is -2.24. The maximum Gasteiger partial charge on any atom is 0.289 e. The van der Waals surface area contributed by atoms with E-state index in [-0.39, 0.29) is 5.56 Å². The average Bonchev–Trinajstić information content (AvgIpc) is 3.14. The van der Waals surface area contributed by atoms with Gasteiger partial charge < -0.3 is 4.57 Å². The Balaban J connectivity index is 1.87. The molecular formula is C19H16N4OS. The number of rotatable bonds is 4. The van der Waals surface area contributed by atoms with Crippen molar-refractivity contribution in [2.45, 2.75) is 23.3 Å². The van der Waals surface area contributed by atoms with Crippen LogP contribution in [0.1, 0.15) is 11.3 Å². The fourth-order valence-electron chi connectivity index (χ4n) is 2.77. The minimum atomic E-state index is -0.136. The van der Waals surface area contributed by atoms with E-state index in [2.05, 4.69) is 22.2 Å². The van der Waals surface area contributed by atoms with Crippen LogP contribution in [0, 0.1) is 6.92 Å². The summed E-state index contributed by atoms with van der Waals surface area (Å²) in [6.45, 7) is 2.60. The monoisotopic (exact) mass is 348 g/mol. The summed E-state index contributed by atoms with van der Waals surface area (Å²) in [5, 5.41) is 4.12. The van der Waals surface area contributed by atoms with Gasteiger partial charge in [0, 0.05) is 10.6 Å². The second-order valence-electron chi connectivity index (χ2n) is 5.68. The third-order valence-corrected chi connectivity index (χ3v) is 5.22. The van der Waals surface area contributed by atoms with E-state index in [9.17, 15) is 4.79 Å². The molecular weight excluding hydrogens is 332 g/mol. The SMILES string of the molecule is Cc1c(Sc2ccccc2)c(=O)n2ncnc2n1Cc1ccccc1. The van der Waals surface area contributed by atoms with Crippen LogP contribution in [0.2, 0.25) is 0 Å². The summed E-state index contributed by atoms with van der Waals surface area (Å²) in [5.74, 6) is 0.559. The highest BCUT2D eigenvalue weighted by Gasteiger charge is 2.17. The first-order valence-electron chi connectivity index (χ1n) is 7.94. The molecule has 0 aliphatic rings. The Kier molecular flexibility index (Phi) is 4.11. The Hall–Kier alpha value is -2.86. The lowest BCUT2D eigenvalue weighted by atomic mass is 10.2. The number of hydrogen-bond acceptors (Lipinski definition) is 4. The lowest BCUT2D eigenvalue weighted by molar-refractivity contribution is 0.704. The lowest BCUT2D eigenvalue weighted by Gasteiger charge is -2.15. The number of hydrogen-bond donors (Lipinski definition) is 0. The van der Waals surface area contributed by atoms with Crippen molar-refractivity contribution in [3.05, 3.63) is 88.6 Å². The van der Waals surface area contributed by atoms with Crippen molar-refractivity contribution in [3.63, 3.8) is 0 Å². The highest BCUT2D eigenvalue weighted by molar-refractivity contribution is 7.99. The largest absolute Gasteiger partial charge is 0.309 e. The second-order valence-corrected chi connectivity index (χ2v) is 6.76. The molecule has 6 heteroatoms. The summed E-state index contributed by atoms with van der Waals surface area (Å²) in [4.78, 5) is 18.8. The minimum Gasteiger partial charge on any atom is -0.309 e. The minimum absolute atomic E-state index is 0.136. The molecule has 0 saturated heterocycles. The number of aromatic nitrogens is 4. The average molecular weight is 348 g/mol. The molecule has 0 saturated carbocycles. The highest BCUT2D eigenvalue weighted by atomic mass is 32.2. The molecule has 4 aromatic rings. The molecule has 0 fully saturated rings. The molecule has 0 aliphatic heterocycles. The molecule has 0 unspecified atom stereocenters. The summed E-state index contributed by atoms with van der Waals surface area (Å²) < 4.78 is 3.41. The predicted molar refractivity (Wildman–Crippen MR) is 98.1 cm³/mol.